The fourth-order valence-electron chi connectivity index (χ4n) is 5.63. The molecule has 2 aromatic carbocycles. The highest BCUT2D eigenvalue weighted by Crippen LogP contribution is 2.34. The number of hydrogen-bond donors (Lipinski definition) is 3. The number of aromatic amines is 1. The summed E-state index contributed by atoms with van der Waals surface area (Å²) in [6, 6.07) is 9.34. The Morgan fingerprint density at radius 3 is 2.58 bits per heavy atom. The van der Waals surface area contributed by atoms with Crippen LogP contribution in [-0.4, -0.2) is 75.3 Å². The molecule has 38 heavy (non-hydrogen) atoms. The number of nitrogens with zero attached hydrogens (tertiary/aromatic N) is 2. The summed E-state index contributed by atoms with van der Waals surface area (Å²) < 4.78 is 27.5. The molecule has 3 aromatic rings. The van der Waals surface area contributed by atoms with Crippen molar-refractivity contribution in [3.05, 3.63) is 75.9 Å². The molecule has 1 atom stereocenters. The monoisotopic (exact) mass is 587 g/mol. The Bertz CT molecular complexity index is 1330. The number of aliphatic hydroxyl groups excluding tert-OH is 1. The van der Waals surface area contributed by atoms with Crippen molar-refractivity contribution < 1.29 is 23.8 Å². The van der Waals surface area contributed by atoms with E-state index in [1.54, 1.807) is 35.2 Å². The van der Waals surface area contributed by atoms with Gasteiger partial charge in [-0.15, -0.1) is 0 Å². The summed E-state index contributed by atoms with van der Waals surface area (Å²) in [4.78, 5) is 19.7. The Kier molecular flexibility index (Phi) is 8.00. The minimum absolute atomic E-state index is 0.179. The molecule has 0 radical (unpaired) electrons. The maximum Gasteiger partial charge on any atom is 0.246 e. The quantitative estimate of drug-likeness (QED) is 0.361. The van der Waals surface area contributed by atoms with Gasteiger partial charge in [-0.2, -0.15) is 0 Å². The number of fused-ring (bicyclic) bond motifs is 1. The highest BCUT2D eigenvalue weighted by molar-refractivity contribution is 9.10. The molecule has 2 aliphatic rings. The summed E-state index contributed by atoms with van der Waals surface area (Å²) in [5.41, 5.74) is 1.53. The average Bonchev–Trinajstić information content (AvgIpc) is 3.33. The molecule has 2 saturated heterocycles. The van der Waals surface area contributed by atoms with Crippen LogP contribution in [0.3, 0.4) is 0 Å². The summed E-state index contributed by atoms with van der Waals surface area (Å²) in [5.74, 6) is -0.462. The van der Waals surface area contributed by atoms with E-state index in [4.69, 9.17) is 0 Å². The van der Waals surface area contributed by atoms with Crippen molar-refractivity contribution in [2.24, 2.45) is 0 Å². The van der Waals surface area contributed by atoms with E-state index in [0.717, 1.165) is 42.4 Å². The Morgan fingerprint density at radius 1 is 1.13 bits per heavy atom. The Labute approximate surface area is 229 Å². The lowest BCUT2D eigenvalue weighted by atomic mass is 9.84. The lowest BCUT2D eigenvalue weighted by Crippen LogP contribution is -2.56. The van der Waals surface area contributed by atoms with Crippen molar-refractivity contribution in [3.63, 3.8) is 0 Å². The SMILES string of the molecule is O=C(/C=C/c1ccc(F)c(Br)c1)N1CCC(O)(C(O)CN2CCC(c3c[nH]c4ccc(F)cc34)CC2)CC1. The van der Waals surface area contributed by atoms with Crippen molar-refractivity contribution in [1.29, 1.82) is 0 Å². The Hall–Kier alpha value is -2.59. The second-order valence-electron chi connectivity index (χ2n) is 10.5. The van der Waals surface area contributed by atoms with Gasteiger partial charge in [0.05, 0.1) is 16.2 Å². The Morgan fingerprint density at radius 2 is 1.87 bits per heavy atom. The molecule has 1 aromatic heterocycles. The minimum atomic E-state index is -1.24. The van der Waals surface area contributed by atoms with Crippen LogP contribution >= 0.6 is 15.9 Å². The van der Waals surface area contributed by atoms with Gasteiger partial charge in [-0.3, -0.25) is 4.79 Å². The highest BCUT2D eigenvalue weighted by Gasteiger charge is 2.40. The number of halogens is 3. The number of rotatable bonds is 6. The predicted octanol–water partition coefficient (Wildman–Crippen LogP) is 4.82. The number of aliphatic hydroxyl groups is 2. The molecule has 5 rings (SSSR count). The van der Waals surface area contributed by atoms with Crippen molar-refractivity contribution in [3.8, 4) is 0 Å². The number of carbonyl (C=O) groups excluding carboxylic acids is 1. The van der Waals surface area contributed by atoms with Crippen molar-refractivity contribution >= 4 is 38.8 Å². The van der Waals surface area contributed by atoms with Crippen LogP contribution in [0, 0.1) is 11.6 Å². The fraction of sp³-hybridized carbons (Fsp3) is 0.414. The third-order valence-corrected chi connectivity index (χ3v) is 8.67. The molecule has 2 fully saturated rings. The number of nitrogens with one attached hydrogen (secondary N) is 1. The van der Waals surface area contributed by atoms with Gasteiger partial charge in [0, 0.05) is 42.8 Å². The lowest BCUT2D eigenvalue weighted by Gasteiger charge is -2.43. The molecule has 0 saturated carbocycles. The molecular formula is C29H32BrF2N3O3. The molecule has 6 nitrogen and oxygen atoms in total. The number of H-pyrrole nitrogens is 1. The zero-order chi connectivity index (χ0) is 26.9. The average molecular weight is 588 g/mol. The molecule has 1 unspecified atom stereocenters. The fourth-order valence-corrected chi connectivity index (χ4v) is 6.03. The van der Waals surface area contributed by atoms with Gasteiger partial charge < -0.3 is 25.0 Å². The standard InChI is InChI=1S/C29H32BrF2N3O3/c30-24-15-19(1-4-25(24)32)2-6-28(37)35-13-9-29(38,10-14-35)27(36)18-34-11-7-20(8-12-34)23-17-33-26-5-3-21(31)16-22(23)26/h1-6,15-17,20,27,33,36,38H,7-14,18H2/b6-2+. The summed E-state index contributed by atoms with van der Waals surface area (Å²) in [5, 5.41) is 23.0. The van der Waals surface area contributed by atoms with Gasteiger partial charge in [-0.1, -0.05) is 6.07 Å². The second kappa shape index (κ2) is 11.3. The summed E-state index contributed by atoms with van der Waals surface area (Å²) in [6.45, 7) is 2.65. The minimum Gasteiger partial charge on any atom is -0.389 e. The predicted molar refractivity (Wildman–Crippen MR) is 147 cm³/mol. The normalized spacial score (nSPS) is 19.9. The first-order chi connectivity index (χ1) is 18.2. The van der Waals surface area contributed by atoms with Crippen molar-refractivity contribution in [2.45, 2.75) is 43.3 Å². The zero-order valence-corrected chi connectivity index (χ0v) is 22.6. The summed E-state index contributed by atoms with van der Waals surface area (Å²) >= 11 is 3.14. The Balaban J connectivity index is 1.10. The van der Waals surface area contributed by atoms with Crippen LogP contribution in [-0.2, 0) is 4.79 Å². The third kappa shape index (κ3) is 5.86. The number of amides is 1. The van der Waals surface area contributed by atoms with Crippen molar-refractivity contribution in [1.82, 2.24) is 14.8 Å². The van der Waals surface area contributed by atoms with E-state index in [1.165, 1.54) is 18.2 Å². The van der Waals surface area contributed by atoms with Gasteiger partial charge in [-0.05, 0) is 108 Å². The van der Waals surface area contributed by atoms with Crippen LogP contribution in [0.5, 0.6) is 0 Å². The number of likely N-dealkylation sites (tertiary alicyclic amines) is 2. The topological polar surface area (TPSA) is 79.8 Å². The number of aromatic nitrogens is 1. The maximum atomic E-state index is 13.8. The van der Waals surface area contributed by atoms with Crippen LogP contribution in [0.15, 0.2) is 53.1 Å². The lowest BCUT2D eigenvalue weighted by molar-refractivity contribution is -0.140. The van der Waals surface area contributed by atoms with E-state index in [-0.39, 0.29) is 17.5 Å². The van der Waals surface area contributed by atoms with Gasteiger partial charge in [0.25, 0.3) is 0 Å². The first-order valence-corrected chi connectivity index (χ1v) is 13.8. The first kappa shape index (κ1) is 27.0. The molecule has 1 amide bonds. The van der Waals surface area contributed by atoms with Gasteiger partial charge in [0.15, 0.2) is 0 Å². The van der Waals surface area contributed by atoms with E-state index in [1.807, 2.05) is 6.20 Å². The number of piperidine rings is 2. The molecule has 2 aliphatic heterocycles. The number of carbonyl (C=O) groups is 1. The molecule has 202 valence electrons. The van der Waals surface area contributed by atoms with Crippen LogP contribution in [0.4, 0.5) is 8.78 Å². The molecule has 0 spiro atoms. The second-order valence-corrected chi connectivity index (χ2v) is 11.3. The van der Waals surface area contributed by atoms with Crippen LogP contribution < -0.4 is 0 Å². The van der Waals surface area contributed by atoms with Crippen molar-refractivity contribution in [2.75, 3.05) is 32.7 Å². The number of benzene rings is 2. The van der Waals surface area contributed by atoms with E-state index in [9.17, 15) is 23.8 Å². The molecule has 0 bridgehead atoms. The van der Waals surface area contributed by atoms with Gasteiger partial charge in [-0.25, -0.2) is 8.78 Å². The largest absolute Gasteiger partial charge is 0.389 e. The number of hydrogen-bond acceptors (Lipinski definition) is 4. The van der Waals surface area contributed by atoms with E-state index < -0.39 is 11.7 Å². The van der Waals surface area contributed by atoms with Gasteiger partial charge >= 0.3 is 0 Å². The smallest absolute Gasteiger partial charge is 0.246 e. The van der Waals surface area contributed by atoms with Crippen LogP contribution in [0.1, 0.15) is 42.7 Å². The van der Waals surface area contributed by atoms with Crippen LogP contribution in [0.25, 0.3) is 17.0 Å². The maximum absolute atomic E-state index is 13.8. The first-order valence-electron chi connectivity index (χ1n) is 13.0. The summed E-state index contributed by atoms with van der Waals surface area (Å²) in [6.07, 6.45) is 6.55. The number of β-amino-alcohol motifs (C(OH)–C–C–N with tert-alkyl or cyclic N) is 1. The van der Waals surface area contributed by atoms with E-state index >= 15 is 0 Å². The molecule has 3 heterocycles. The molecule has 9 heteroatoms. The zero-order valence-electron chi connectivity index (χ0n) is 21.0. The van der Waals surface area contributed by atoms with Gasteiger partial charge in [0.1, 0.15) is 11.6 Å². The highest BCUT2D eigenvalue weighted by atomic mass is 79.9. The van der Waals surface area contributed by atoms with E-state index in [0.29, 0.717) is 48.4 Å². The van der Waals surface area contributed by atoms with Crippen LogP contribution in [0.2, 0.25) is 0 Å². The molecule has 0 aliphatic carbocycles. The van der Waals surface area contributed by atoms with Gasteiger partial charge in [0.2, 0.25) is 5.91 Å². The van der Waals surface area contributed by atoms with E-state index in [2.05, 4.69) is 25.8 Å². The molecule has 3 N–H and O–H groups in total. The third-order valence-electron chi connectivity index (χ3n) is 8.06. The summed E-state index contributed by atoms with van der Waals surface area (Å²) in [7, 11) is 0. The molecular weight excluding hydrogens is 556 g/mol.